The van der Waals surface area contributed by atoms with E-state index >= 15 is 0 Å². The van der Waals surface area contributed by atoms with Crippen molar-refractivity contribution in [1.29, 1.82) is 0 Å². The minimum absolute atomic E-state index is 0.942. The van der Waals surface area contributed by atoms with E-state index in [-0.39, 0.29) is 0 Å². The van der Waals surface area contributed by atoms with Gasteiger partial charge in [0.1, 0.15) is 5.65 Å². The van der Waals surface area contributed by atoms with Gasteiger partial charge < -0.3 is 4.98 Å². The first-order valence-electron chi connectivity index (χ1n) is 4.95. The molecule has 0 aliphatic rings. The molecule has 3 nitrogen and oxygen atoms in total. The van der Waals surface area contributed by atoms with E-state index in [0.717, 1.165) is 16.9 Å². The number of aryl methyl sites for hydroxylation is 2. The Morgan fingerprint density at radius 3 is 2.93 bits per heavy atom. The summed E-state index contributed by atoms with van der Waals surface area (Å²) >= 11 is 0. The first-order valence-corrected chi connectivity index (χ1v) is 4.95. The van der Waals surface area contributed by atoms with Gasteiger partial charge in [0, 0.05) is 22.7 Å². The summed E-state index contributed by atoms with van der Waals surface area (Å²) in [6.07, 6.45) is 3.69. The standard InChI is InChI=1S/C12H11N3/c1-7-3-4-13-12-11(7)9-5-8(2)14-6-10(9)15-12/h3-6H,1-2H3,(H,13,15). The van der Waals surface area contributed by atoms with Crippen molar-refractivity contribution in [2.45, 2.75) is 13.8 Å². The maximum absolute atomic E-state index is 4.33. The van der Waals surface area contributed by atoms with Gasteiger partial charge in [-0.05, 0) is 31.5 Å². The number of pyridine rings is 2. The molecule has 0 aliphatic carbocycles. The number of fused-ring (bicyclic) bond motifs is 3. The molecule has 0 radical (unpaired) electrons. The number of nitrogens with zero attached hydrogens (tertiary/aromatic N) is 2. The zero-order valence-corrected chi connectivity index (χ0v) is 8.70. The van der Waals surface area contributed by atoms with Gasteiger partial charge in [-0.3, -0.25) is 4.98 Å². The van der Waals surface area contributed by atoms with Crippen molar-refractivity contribution in [3.05, 3.63) is 35.8 Å². The Labute approximate surface area is 87.2 Å². The number of H-pyrrole nitrogens is 1. The van der Waals surface area contributed by atoms with Crippen LogP contribution in [-0.4, -0.2) is 15.0 Å². The summed E-state index contributed by atoms with van der Waals surface area (Å²) in [5, 5.41) is 2.42. The topological polar surface area (TPSA) is 41.6 Å². The van der Waals surface area contributed by atoms with Crippen molar-refractivity contribution in [2.75, 3.05) is 0 Å². The molecule has 0 amide bonds. The second kappa shape index (κ2) is 2.79. The lowest BCUT2D eigenvalue weighted by Crippen LogP contribution is -1.79. The lowest BCUT2D eigenvalue weighted by molar-refractivity contribution is 1.22. The average Bonchev–Trinajstić information content (AvgIpc) is 2.57. The van der Waals surface area contributed by atoms with Crippen molar-refractivity contribution in [2.24, 2.45) is 0 Å². The van der Waals surface area contributed by atoms with Crippen LogP contribution in [-0.2, 0) is 0 Å². The Kier molecular flexibility index (Phi) is 1.57. The molecule has 0 spiro atoms. The van der Waals surface area contributed by atoms with E-state index in [4.69, 9.17) is 0 Å². The van der Waals surface area contributed by atoms with Gasteiger partial charge in [0.15, 0.2) is 0 Å². The van der Waals surface area contributed by atoms with Gasteiger partial charge in [-0.25, -0.2) is 4.98 Å². The zero-order chi connectivity index (χ0) is 10.4. The van der Waals surface area contributed by atoms with Gasteiger partial charge in [-0.1, -0.05) is 0 Å². The third-order valence-electron chi connectivity index (χ3n) is 2.72. The lowest BCUT2D eigenvalue weighted by Gasteiger charge is -1.95. The first-order chi connectivity index (χ1) is 7.25. The number of hydrogen-bond donors (Lipinski definition) is 1. The molecule has 0 saturated heterocycles. The molecule has 15 heavy (non-hydrogen) atoms. The summed E-state index contributed by atoms with van der Waals surface area (Å²) < 4.78 is 0. The third kappa shape index (κ3) is 1.13. The molecule has 3 heteroatoms. The van der Waals surface area contributed by atoms with Crippen LogP contribution in [0.15, 0.2) is 24.5 Å². The zero-order valence-electron chi connectivity index (χ0n) is 8.70. The molecular formula is C12H11N3. The normalized spacial score (nSPS) is 11.3. The highest BCUT2D eigenvalue weighted by Gasteiger charge is 2.07. The van der Waals surface area contributed by atoms with Gasteiger partial charge in [0.25, 0.3) is 0 Å². The van der Waals surface area contributed by atoms with Crippen LogP contribution in [0.3, 0.4) is 0 Å². The van der Waals surface area contributed by atoms with Crippen molar-refractivity contribution in [1.82, 2.24) is 15.0 Å². The number of aromatic nitrogens is 3. The minimum atomic E-state index is 0.942. The molecule has 74 valence electrons. The molecule has 1 N–H and O–H groups in total. The highest BCUT2D eigenvalue weighted by molar-refractivity contribution is 6.07. The van der Waals surface area contributed by atoms with Crippen LogP contribution in [0.5, 0.6) is 0 Å². The molecule has 0 fully saturated rings. The van der Waals surface area contributed by atoms with Gasteiger partial charge in [0.05, 0.1) is 11.7 Å². The van der Waals surface area contributed by atoms with Crippen LogP contribution >= 0.6 is 0 Å². The summed E-state index contributed by atoms with van der Waals surface area (Å²) in [5.41, 5.74) is 4.28. The van der Waals surface area contributed by atoms with Crippen LogP contribution < -0.4 is 0 Å². The molecule has 3 heterocycles. The van der Waals surface area contributed by atoms with Gasteiger partial charge in [-0.2, -0.15) is 0 Å². The molecule has 3 aromatic heterocycles. The summed E-state index contributed by atoms with van der Waals surface area (Å²) in [7, 11) is 0. The average molecular weight is 197 g/mol. The van der Waals surface area contributed by atoms with Crippen LogP contribution in [0, 0.1) is 13.8 Å². The summed E-state index contributed by atoms with van der Waals surface area (Å²) in [4.78, 5) is 11.9. The molecule has 0 saturated carbocycles. The number of rotatable bonds is 0. The molecule has 3 rings (SSSR count). The fourth-order valence-electron chi connectivity index (χ4n) is 1.99. The highest BCUT2D eigenvalue weighted by atomic mass is 14.9. The van der Waals surface area contributed by atoms with Crippen molar-refractivity contribution >= 4 is 21.9 Å². The van der Waals surface area contributed by atoms with E-state index in [9.17, 15) is 0 Å². The number of hydrogen-bond acceptors (Lipinski definition) is 2. The summed E-state index contributed by atoms with van der Waals surface area (Å²) in [6.45, 7) is 4.11. The molecular weight excluding hydrogens is 186 g/mol. The van der Waals surface area contributed by atoms with Gasteiger partial charge >= 0.3 is 0 Å². The molecule has 0 atom stereocenters. The molecule has 0 bridgehead atoms. The largest absolute Gasteiger partial charge is 0.338 e. The fourth-order valence-corrected chi connectivity index (χ4v) is 1.99. The maximum Gasteiger partial charge on any atom is 0.138 e. The predicted molar refractivity (Wildman–Crippen MR) is 60.9 cm³/mol. The smallest absolute Gasteiger partial charge is 0.138 e. The quantitative estimate of drug-likeness (QED) is 0.602. The highest BCUT2D eigenvalue weighted by Crippen LogP contribution is 2.26. The Morgan fingerprint density at radius 1 is 1.20 bits per heavy atom. The first kappa shape index (κ1) is 8.41. The Morgan fingerprint density at radius 2 is 2.07 bits per heavy atom. The predicted octanol–water partition coefficient (Wildman–Crippen LogP) is 2.73. The number of aromatic amines is 1. The van der Waals surface area contributed by atoms with Crippen LogP contribution in [0.4, 0.5) is 0 Å². The van der Waals surface area contributed by atoms with E-state index < -0.39 is 0 Å². The lowest BCUT2D eigenvalue weighted by atomic mass is 10.1. The Balaban J connectivity index is 2.61. The van der Waals surface area contributed by atoms with E-state index in [2.05, 4.69) is 27.9 Å². The SMILES string of the molecule is Cc1cc2c(cn1)[nH]c1nccc(C)c12. The molecule has 0 aromatic carbocycles. The van der Waals surface area contributed by atoms with E-state index in [1.54, 1.807) is 0 Å². The third-order valence-corrected chi connectivity index (χ3v) is 2.72. The second-order valence-corrected chi connectivity index (χ2v) is 3.85. The number of nitrogens with one attached hydrogen (secondary N) is 1. The summed E-state index contributed by atoms with van der Waals surface area (Å²) in [6, 6.07) is 4.13. The Hall–Kier alpha value is -1.90. The maximum atomic E-state index is 4.33. The minimum Gasteiger partial charge on any atom is -0.338 e. The van der Waals surface area contributed by atoms with E-state index in [0.29, 0.717) is 0 Å². The van der Waals surface area contributed by atoms with Crippen molar-refractivity contribution < 1.29 is 0 Å². The van der Waals surface area contributed by atoms with Crippen LogP contribution in [0.2, 0.25) is 0 Å². The van der Waals surface area contributed by atoms with Gasteiger partial charge in [0.2, 0.25) is 0 Å². The van der Waals surface area contributed by atoms with E-state index in [1.807, 2.05) is 25.4 Å². The van der Waals surface area contributed by atoms with E-state index in [1.165, 1.54) is 16.3 Å². The van der Waals surface area contributed by atoms with Crippen molar-refractivity contribution in [3.8, 4) is 0 Å². The fraction of sp³-hybridized carbons (Fsp3) is 0.167. The summed E-state index contributed by atoms with van der Waals surface area (Å²) in [5.74, 6) is 0. The van der Waals surface area contributed by atoms with Crippen LogP contribution in [0.1, 0.15) is 11.3 Å². The van der Waals surface area contributed by atoms with Gasteiger partial charge in [-0.15, -0.1) is 0 Å². The monoisotopic (exact) mass is 197 g/mol. The second-order valence-electron chi connectivity index (χ2n) is 3.85. The van der Waals surface area contributed by atoms with Crippen molar-refractivity contribution in [3.63, 3.8) is 0 Å². The Bertz CT molecular complexity index is 652. The van der Waals surface area contributed by atoms with Crippen LogP contribution in [0.25, 0.3) is 21.9 Å². The molecule has 3 aromatic rings. The molecule has 0 aliphatic heterocycles. The molecule has 0 unspecified atom stereocenters.